The topological polar surface area (TPSA) is 68.0 Å². The van der Waals surface area contributed by atoms with Crippen LogP contribution in [0.3, 0.4) is 0 Å². The van der Waals surface area contributed by atoms with Gasteiger partial charge in [0.2, 0.25) is 0 Å². The summed E-state index contributed by atoms with van der Waals surface area (Å²) < 4.78 is 13.2. The molecule has 3 aromatic carbocycles. The zero-order valence-corrected chi connectivity index (χ0v) is 17.5. The second-order valence-electron chi connectivity index (χ2n) is 7.76. The molecule has 5 rings (SSSR count). The predicted octanol–water partition coefficient (Wildman–Crippen LogP) is 5.86. The zero-order valence-electron chi connectivity index (χ0n) is 16.6. The summed E-state index contributed by atoms with van der Waals surface area (Å²) in [7, 11) is 0. The summed E-state index contributed by atoms with van der Waals surface area (Å²) >= 11 is 1.68. The highest BCUT2D eigenvalue weighted by Crippen LogP contribution is 2.54. The van der Waals surface area contributed by atoms with Gasteiger partial charge in [-0.1, -0.05) is 30.3 Å². The van der Waals surface area contributed by atoms with E-state index in [-0.39, 0.29) is 17.1 Å². The van der Waals surface area contributed by atoms with Crippen LogP contribution in [0.4, 0.5) is 15.8 Å². The molecule has 1 aromatic heterocycles. The molecule has 31 heavy (non-hydrogen) atoms. The number of amides is 1. The molecule has 1 heterocycles. The predicted molar refractivity (Wildman–Crippen MR) is 123 cm³/mol. The summed E-state index contributed by atoms with van der Waals surface area (Å²) in [5.41, 5.74) is 10.5. The molecule has 4 nitrogen and oxygen atoms in total. The van der Waals surface area contributed by atoms with Crippen molar-refractivity contribution in [2.75, 3.05) is 11.1 Å². The first kappa shape index (κ1) is 19.5. The van der Waals surface area contributed by atoms with Crippen LogP contribution >= 0.6 is 11.3 Å². The van der Waals surface area contributed by atoms with Gasteiger partial charge >= 0.3 is 0 Å². The minimum atomic E-state index is -0.293. The Morgan fingerprint density at radius 2 is 1.71 bits per heavy atom. The maximum atomic E-state index is 13.2. The molecule has 0 radical (unpaired) electrons. The van der Waals surface area contributed by atoms with Gasteiger partial charge in [-0.25, -0.2) is 9.37 Å². The number of hydrogen-bond donors (Lipinski definition) is 2. The molecule has 0 atom stereocenters. The second-order valence-corrected chi connectivity index (χ2v) is 8.65. The van der Waals surface area contributed by atoms with E-state index in [1.54, 1.807) is 35.6 Å². The maximum Gasteiger partial charge on any atom is 0.255 e. The van der Waals surface area contributed by atoms with Crippen LogP contribution in [0.2, 0.25) is 0 Å². The van der Waals surface area contributed by atoms with Crippen molar-refractivity contribution in [3.63, 3.8) is 0 Å². The Hall–Kier alpha value is -3.51. The quantitative estimate of drug-likeness (QED) is 0.390. The SMILES string of the molecule is Nc1ccc(-c2ccc(F)cc2)cc1NC(=O)c1ccc(C2(c3nccs3)CC2)cc1. The zero-order chi connectivity index (χ0) is 21.4. The van der Waals surface area contributed by atoms with Crippen molar-refractivity contribution in [3.05, 3.63) is 100 Å². The Balaban J connectivity index is 1.36. The number of rotatable bonds is 5. The molecule has 0 aliphatic heterocycles. The Kier molecular flexibility index (Phi) is 4.79. The number of thiazole rings is 1. The Bertz CT molecular complexity index is 1230. The van der Waals surface area contributed by atoms with E-state index in [0.29, 0.717) is 16.9 Å². The van der Waals surface area contributed by atoms with E-state index in [1.807, 2.05) is 41.9 Å². The smallest absolute Gasteiger partial charge is 0.255 e. The third kappa shape index (κ3) is 3.70. The van der Waals surface area contributed by atoms with Crippen LogP contribution in [0.15, 0.2) is 78.3 Å². The molecule has 0 saturated heterocycles. The summed E-state index contributed by atoms with van der Waals surface area (Å²) in [5.74, 6) is -0.521. The first-order chi connectivity index (χ1) is 15.0. The largest absolute Gasteiger partial charge is 0.397 e. The number of nitrogens with zero attached hydrogens (tertiary/aromatic N) is 1. The third-order valence-electron chi connectivity index (χ3n) is 5.77. The first-order valence-corrected chi connectivity index (χ1v) is 10.9. The number of nitrogens with one attached hydrogen (secondary N) is 1. The number of carbonyl (C=O) groups excluding carboxylic acids is 1. The lowest BCUT2D eigenvalue weighted by Crippen LogP contribution is -2.14. The van der Waals surface area contributed by atoms with Gasteiger partial charge in [-0.3, -0.25) is 4.79 Å². The molecule has 6 heteroatoms. The lowest BCUT2D eigenvalue weighted by atomic mass is 9.95. The van der Waals surface area contributed by atoms with E-state index in [1.165, 1.54) is 17.7 Å². The molecule has 154 valence electrons. The number of anilines is 2. The number of nitrogens with two attached hydrogens (primary N) is 1. The maximum absolute atomic E-state index is 13.2. The summed E-state index contributed by atoms with van der Waals surface area (Å²) in [5, 5.41) is 6.04. The Labute approximate surface area is 183 Å². The fraction of sp³-hybridized carbons (Fsp3) is 0.120. The van der Waals surface area contributed by atoms with Crippen molar-refractivity contribution in [1.29, 1.82) is 0 Å². The summed E-state index contributed by atoms with van der Waals surface area (Å²) in [6.07, 6.45) is 4.00. The summed E-state index contributed by atoms with van der Waals surface area (Å²) in [6.45, 7) is 0. The Morgan fingerprint density at radius 1 is 1.00 bits per heavy atom. The van der Waals surface area contributed by atoms with E-state index in [2.05, 4.69) is 10.3 Å². The summed E-state index contributed by atoms with van der Waals surface area (Å²) in [6, 6.07) is 19.3. The molecule has 1 aliphatic carbocycles. The summed E-state index contributed by atoms with van der Waals surface area (Å²) in [4.78, 5) is 17.3. The van der Waals surface area contributed by atoms with Crippen LogP contribution in [-0.2, 0) is 5.41 Å². The normalized spacial score (nSPS) is 14.2. The molecular formula is C25H20FN3OS. The van der Waals surface area contributed by atoms with Gasteiger partial charge in [-0.15, -0.1) is 11.3 Å². The van der Waals surface area contributed by atoms with E-state index < -0.39 is 0 Å². The van der Waals surface area contributed by atoms with Gasteiger partial charge in [0.05, 0.1) is 11.4 Å². The van der Waals surface area contributed by atoms with E-state index in [4.69, 9.17) is 5.73 Å². The second kappa shape index (κ2) is 7.63. The van der Waals surface area contributed by atoms with Gasteiger partial charge in [0.1, 0.15) is 10.8 Å². The minimum Gasteiger partial charge on any atom is -0.397 e. The van der Waals surface area contributed by atoms with Crippen LogP contribution < -0.4 is 11.1 Å². The molecular weight excluding hydrogens is 409 g/mol. The van der Waals surface area contributed by atoms with Gasteiger partial charge in [0, 0.05) is 22.6 Å². The van der Waals surface area contributed by atoms with Crippen LogP contribution in [0.5, 0.6) is 0 Å². The van der Waals surface area contributed by atoms with Crippen molar-refractivity contribution < 1.29 is 9.18 Å². The molecule has 0 spiro atoms. The number of aromatic nitrogens is 1. The third-order valence-corrected chi connectivity index (χ3v) is 6.75. The lowest BCUT2D eigenvalue weighted by Gasteiger charge is -2.14. The molecule has 3 N–H and O–H groups in total. The van der Waals surface area contributed by atoms with Crippen LogP contribution in [0, 0.1) is 5.82 Å². The van der Waals surface area contributed by atoms with Crippen molar-refractivity contribution in [3.8, 4) is 11.1 Å². The molecule has 0 bridgehead atoms. The van der Waals surface area contributed by atoms with Gasteiger partial charge in [-0.05, 0) is 65.9 Å². The minimum absolute atomic E-state index is 0.0110. The average molecular weight is 430 g/mol. The van der Waals surface area contributed by atoms with Crippen LogP contribution in [0.1, 0.15) is 33.8 Å². The van der Waals surface area contributed by atoms with Gasteiger partial charge in [-0.2, -0.15) is 0 Å². The molecule has 4 aromatic rings. The average Bonchev–Trinajstić information content (AvgIpc) is 3.41. The van der Waals surface area contributed by atoms with Gasteiger partial charge < -0.3 is 11.1 Å². The molecule has 1 aliphatic rings. The number of nitrogen functional groups attached to an aromatic ring is 1. The molecule has 0 unspecified atom stereocenters. The van der Waals surface area contributed by atoms with E-state index in [9.17, 15) is 9.18 Å². The number of hydrogen-bond acceptors (Lipinski definition) is 4. The molecule has 1 saturated carbocycles. The van der Waals surface area contributed by atoms with Crippen molar-refractivity contribution >= 4 is 28.6 Å². The molecule has 1 amide bonds. The van der Waals surface area contributed by atoms with Crippen LogP contribution in [-0.4, -0.2) is 10.9 Å². The van der Waals surface area contributed by atoms with Gasteiger partial charge in [0.15, 0.2) is 0 Å². The van der Waals surface area contributed by atoms with Crippen LogP contribution in [0.25, 0.3) is 11.1 Å². The van der Waals surface area contributed by atoms with E-state index in [0.717, 1.165) is 29.0 Å². The van der Waals surface area contributed by atoms with Crippen molar-refractivity contribution in [2.45, 2.75) is 18.3 Å². The lowest BCUT2D eigenvalue weighted by molar-refractivity contribution is 0.102. The Morgan fingerprint density at radius 3 is 2.35 bits per heavy atom. The van der Waals surface area contributed by atoms with E-state index >= 15 is 0 Å². The number of halogens is 1. The highest BCUT2D eigenvalue weighted by molar-refractivity contribution is 7.09. The fourth-order valence-corrected chi connectivity index (χ4v) is 4.75. The fourth-order valence-electron chi connectivity index (χ4n) is 3.83. The molecule has 1 fully saturated rings. The highest BCUT2D eigenvalue weighted by atomic mass is 32.1. The first-order valence-electron chi connectivity index (χ1n) is 10.0. The highest BCUT2D eigenvalue weighted by Gasteiger charge is 2.48. The standard InChI is InChI=1S/C25H20FN3OS/c26-20-8-3-16(4-9-20)18-5-10-21(27)22(15-18)29-23(30)17-1-6-19(7-2-17)25(11-12-25)24-28-13-14-31-24/h1-10,13-15H,11-12,27H2,(H,29,30). The monoisotopic (exact) mass is 429 g/mol. The number of benzene rings is 3. The van der Waals surface area contributed by atoms with Gasteiger partial charge in [0.25, 0.3) is 5.91 Å². The number of carbonyl (C=O) groups is 1. The van der Waals surface area contributed by atoms with Crippen molar-refractivity contribution in [1.82, 2.24) is 4.98 Å². The van der Waals surface area contributed by atoms with Crippen molar-refractivity contribution in [2.24, 2.45) is 0 Å².